The molecule has 0 saturated carbocycles. The molecule has 0 aromatic carbocycles. The van der Waals surface area contributed by atoms with Gasteiger partial charge in [-0.05, 0) is 6.92 Å². The Morgan fingerprint density at radius 1 is 1.57 bits per heavy atom. The van der Waals surface area contributed by atoms with Crippen LogP contribution in [0.25, 0.3) is 0 Å². The van der Waals surface area contributed by atoms with Gasteiger partial charge >= 0.3 is 5.97 Å². The number of hydrogen-bond acceptors (Lipinski definition) is 6. The number of ether oxygens (including phenoxy) is 2. The van der Waals surface area contributed by atoms with Gasteiger partial charge in [0.15, 0.2) is 5.57 Å². The molecule has 0 aromatic heterocycles. The van der Waals surface area contributed by atoms with Crippen LogP contribution in [-0.4, -0.2) is 30.9 Å². The highest BCUT2D eigenvalue weighted by Crippen LogP contribution is 2.02. The molecule has 0 aromatic rings. The van der Waals surface area contributed by atoms with Crippen LogP contribution in [0.3, 0.4) is 0 Å². The van der Waals surface area contributed by atoms with E-state index in [1.165, 1.54) is 0 Å². The highest BCUT2D eigenvalue weighted by Gasteiger charge is 2.15. The van der Waals surface area contributed by atoms with Gasteiger partial charge in [0.05, 0.1) is 13.2 Å². The third kappa shape index (κ3) is 3.78. The van der Waals surface area contributed by atoms with Crippen molar-refractivity contribution in [3.8, 4) is 6.07 Å². The van der Waals surface area contributed by atoms with Crippen molar-refractivity contribution < 1.29 is 19.4 Å². The van der Waals surface area contributed by atoms with Crippen LogP contribution in [0.2, 0.25) is 0 Å². The minimum Gasteiger partial charge on any atom is -0.476 e. The number of aliphatic hydroxyl groups excluding tert-OH is 1. The summed E-state index contributed by atoms with van der Waals surface area (Å²) in [6.45, 7) is 1.44. The molecule has 0 heterocycles. The van der Waals surface area contributed by atoms with Crippen LogP contribution in [0.4, 0.5) is 0 Å². The predicted molar refractivity (Wildman–Crippen MR) is 46.5 cm³/mol. The summed E-state index contributed by atoms with van der Waals surface area (Å²) in [6.07, 6.45) is 0. The number of carbonyl (C=O) groups is 1. The van der Waals surface area contributed by atoms with Crippen molar-refractivity contribution in [2.45, 2.75) is 6.92 Å². The minimum atomic E-state index is -0.828. The number of hydrogen-bond donors (Lipinski definition) is 2. The van der Waals surface area contributed by atoms with Crippen LogP contribution >= 0.6 is 0 Å². The highest BCUT2D eigenvalue weighted by molar-refractivity contribution is 5.93. The fourth-order valence-corrected chi connectivity index (χ4v) is 0.632. The highest BCUT2D eigenvalue weighted by atomic mass is 16.5. The van der Waals surface area contributed by atoms with Gasteiger partial charge in [-0.2, -0.15) is 5.26 Å². The second kappa shape index (κ2) is 6.74. The standard InChI is InChI=1S/C8H12N2O4/c1-2-13-8(12)6(5-9)7(10)14-4-3-11/h11H,2-4,10H2,1H3/b7-6+. The van der Waals surface area contributed by atoms with Gasteiger partial charge in [-0.15, -0.1) is 0 Å². The lowest BCUT2D eigenvalue weighted by molar-refractivity contribution is -0.138. The predicted octanol–water partition coefficient (Wildman–Crippen LogP) is -0.748. The van der Waals surface area contributed by atoms with Crippen molar-refractivity contribution in [3.63, 3.8) is 0 Å². The Morgan fingerprint density at radius 3 is 2.64 bits per heavy atom. The Kier molecular flexibility index (Phi) is 5.90. The first-order valence-electron chi connectivity index (χ1n) is 3.98. The van der Waals surface area contributed by atoms with Crippen molar-refractivity contribution in [2.75, 3.05) is 19.8 Å². The van der Waals surface area contributed by atoms with Gasteiger partial charge in [-0.3, -0.25) is 0 Å². The van der Waals surface area contributed by atoms with E-state index in [1.807, 2.05) is 0 Å². The normalized spacial score (nSPS) is 11.2. The van der Waals surface area contributed by atoms with Crippen molar-refractivity contribution in [1.29, 1.82) is 5.26 Å². The Labute approximate surface area is 81.5 Å². The van der Waals surface area contributed by atoms with E-state index in [2.05, 4.69) is 4.74 Å². The molecule has 78 valence electrons. The van der Waals surface area contributed by atoms with Gasteiger partial charge in [0.1, 0.15) is 12.7 Å². The van der Waals surface area contributed by atoms with E-state index < -0.39 is 5.97 Å². The maximum atomic E-state index is 11.1. The summed E-state index contributed by atoms with van der Waals surface area (Å²) in [6, 6.07) is 1.57. The molecule has 0 aliphatic rings. The van der Waals surface area contributed by atoms with Gasteiger partial charge in [-0.25, -0.2) is 4.79 Å². The number of nitrogens with zero attached hydrogens (tertiary/aromatic N) is 1. The molecule has 0 radical (unpaired) electrons. The molecule has 0 fully saturated rings. The molecule has 0 atom stereocenters. The maximum absolute atomic E-state index is 11.1. The first-order chi connectivity index (χ1) is 6.67. The number of aliphatic hydroxyl groups is 1. The maximum Gasteiger partial charge on any atom is 0.354 e. The molecule has 0 amide bonds. The molecular formula is C8H12N2O4. The zero-order valence-electron chi connectivity index (χ0n) is 7.82. The van der Waals surface area contributed by atoms with Crippen molar-refractivity contribution >= 4 is 5.97 Å². The fraction of sp³-hybridized carbons (Fsp3) is 0.500. The molecule has 0 spiro atoms. The minimum absolute atomic E-state index is 0.0730. The summed E-state index contributed by atoms with van der Waals surface area (Å²) >= 11 is 0. The van der Waals surface area contributed by atoms with Gasteiger partial charge in [0, 0.05) is 0 Å². The number of esters is 1. The molecule has 0 unspecified atom stereocenters. The number of rotatable bonds is 5. The molecule has 6 heteroatoms. The summed E-state index contributed by atoms with van der Waals surface area (Å²) in [5.74, 6) is -1.16. The van der Waals surface area contributed by atoms with Gasteiger partial charge in [0.2, 0.25) is 5.88 Å². The average Bonchev–Trinajstić information content (AvgIpc) is 2.16. The topological polar surface area (TPSA) is 106 Å². The molecule has 0 rings (SSSR count). The van der Waals surface area contributed by atoms with E-state index in [1.54, 1.807) is 13.0 Å². The monoisotopic (exact) mass is 200 g/mol. The van der Waals surface area contributed by atoms with E-state index in [-0.39, 0.29) is 31.3 Å². The van der Waals surface area contributed by atoms with Crippen LogP contribution in [-0.2, 0) is 14.3 Å². The zero-order chi connectivity index (χ0) is 11.0. The molecule has 0 saturated heterocycles. The lowest BCUT2D eigenvalue weighted by Gasteiger charge is -2.05. The van der Waals surface area contributed by atoms with E-state index in [4.69, 9.17) is 20.8 Å². The molecule has 0 aliphatic carbocycles. The Balaban J connectivity index is 4.51. The van der Waals surface area contributed by atoms with E-state index in [0.717, 1.165) is 0 Å². The van der Waals surface area contributed by atoms with Crippen LogP contribution in [0.1, 0.15) is 6.92 Å². The zero-order valence-corrected chi connectivity index (χ0v) is 7.82. The Morgan fingerprint density at radius 2 is 2.21 bits per heavy atom. The van der Waals surface area contributed by atoms with Gasteiger partial charge in [-0.1, -0.05) is 0 Å². The van der Waals surface area contributed by atoms with Crippen molar-refractivity contribution in [3.05, 3.63) is 11.5 Å². The van der Waals surface area contributed by atoms with Crippen LogP contribution in [0.15, 0.2) is 11.5 Å². The number of nitriles is 1. The molecule has 0 bridgehead atoms. The first kappa shape index (κ1) is 12.3. The molecule has 14 heavy (non-hydrogen) atoms. The summed E-state index contributed by atoms with van der Waals surface area (Å²) in [4.78, 5) is 11.1. The third-order valence-electron chi connectivity index (χ3n) is 1.19. The summed E-state index contributed by atoms with van der Waals surface area (Å²) < 4.78 is 9.25. The molecular weight excluding hydrogens is 188 g/mol. The third-order valence-corrected chi connectivity index (χ3v) is 1.19. The van der Waals surface area contributed by atoms with E-state index in [9.17, 15) is 4.79 Å². The lowest BCUT2D eigenvalue weighted by Crippen LogP contribution is -2.16. The lowest BCUT2D eigenvalue weighted by atomic mass is 10.3. The van der Waals surface area contributed by atoms with Gasteiger partial charge in [0.25, 0.3) is 0 Å². The van der Waals surface area contributed by atoms with Crippen LogP contribution in [0.5, 0.6) is 0 Å². The van der Waals surface area contributed by atoms with Crippen LogP contribution < -0.4 is 5.73 Å². The Hall–Kier alpha value is -1.74. The average molecular weight is 200 g/mol. The quantitative estimate of drug-likeness (QED) is 0.262. The van der Waals surface area contributed by atoms with Crippen molar-refractivity contribution in [2.24, 2.45) is 5.73 Å². The SMILES string of the molecule is CCOC(=O)/C(C#N)=C(\N)OCCO. The number of nitrogens with two attached hydrogens (primary N) is 1. The number of carbonyl (C=O) groups excluding carboxylic acids is 1. The fourth-order valence-electron chi connectivity index (χ4n) is 0.632. The largest absolute Gasteiger partial charge is 0.476 e. The van der Waals surface area contributed by atoms with E-state index >= 15 is 0 Å². The summed E-state index contributed by atoms with van der Waals surface area (Å²) in [5, 5.41) is 17.0. The molecule has 3 N–H and O–H groups in total. The summed E-state index contributed by atoms with van der Waals surface area (Å²) in [5.41, 5.74) is 4.88. The van der Waals surface area contributed by atoms with E-state index in [0.29, 0.717) is 0 Å². The molecule has 6 nitrogen and oxygen atoms in total. The van der Waals surface area contributed by atoms with Crippen molar-refractivity contribution in [1.82, 2.24) is 0 Å². The Bertz CT molecular complexity index is 267. The molecule has 0 aliphatic heterocycles. The first-order valence-corrected chi connectivity index (χ1v) is 3.98. The smallest absolute Gasteiger partial charge is 0.354 e. The second-order valence-corrected chi connectivity index (χ2v) is 2.14. The van der Waals surface area contributed by atoms with Crippen LogP contribution in [0, 0.1) is 11.3 Å². The summed E-state index contributed by atoms with van der Waals surface area (Å²) in [7, 11) is 0. The second-order valence-electron chi connectivity index (χ2n) is 2.14. The van der Waals surface area contributed by atoms with Gasteiger partial charge < -0.3 is 20.3 Å².